The summed E-state index contributed by atoms with van der Waals surface area (Å²) < 4.78 is 0. The average Bonchev–Trinajstić information content (AvgIpc) is 2.01. The minimum Gasteiger partial charge on any atom is -0.392 e. The van der Waals surface area contributed by atoms with Gasteiger partial charge in [-0.25, -0.2) is 0 Å². The smallest absolute Gasteiger partial charge is 0.0665 e. The summed E-state index contributed by atoms with van der Waals surface area (Å²) in [5.74, 6) is 0. The molecule has 0 aliphatic heterocycles. The van der Waals surface area contributed by atoms with Crippen LogP contribution in [-0.4, -0.2) is 23.9 Å². The van der Waals surface area contributed by atoms with Crippen LogP contribution in [0.5, 0.6) is 0 Å². The fraction of sp³-hybridized carbons (Fsp3) is 1.00. The van der Waals surface area contributed by atoms with E-state index in [1.165, 1.54) is 0 Å². The van der Waals surface area contributed by atoms with Crippen molar-refractivity contribution in [2.24, 2.45) is 5.73 Å². The molecule has 3 heteroatoms. The average molecular weight is 160 g/mol. The van der Waals surface area contributed by atoms with Gasteiger partial charge >= 0.3 is 0 Å². The van der Waals surface area contributed by atoms with Gasteiger partial charge in [-0.15, -0.1) is 0 Å². The summed E-state index contributed by atoms with van der Waals surface area (Å²) in [6.07, 6.45) is 2.56. The molecule has 4 N–H and O–H groups in total. The molecule has 0 fully saturated rings. The number of rotatable bonds is 6. The topological polar surface area (TPSA) is 58.3 Å². The minimum atomic E-state index is -0.238. The van der Waals surface area contributed by atoms with Crippen LogP contribution in [0.1, 0.15) is 33.1 Å². The standard InChI is InChI=1S/C8H20N2O/c1-3-5-7(11)6-10-8(9)4-2/h7-8,10-11H,3-6,9H2,1-2H3. The van der Waals surface area contributed by atoms with Crippen molar-refractivity contribution >= 4 is 0 Å². The third-order valence-electron chi connectivity index (χ3n) is 1.68. The number of hydrogen-bond acceptors (Lipinski definition) is 3. The van der Waals surface area contributed by atoms with E-state index in [0.717, 1.165) is 19.3 Å². The van der Waals surface area contributed by atoms with E-state index in [0.29, 0.717) is 6.54 Å². The number of aliphatic hydroxyl groups is 1. The van der Waals surface area contributed by atoms with E-state index < -0.39 is 0 Å². The third kappa shape index (κ3) is 6.28. The molecule has 0 saturated carbocycles. The summed E-state index contributed by atoms with van der Waals surface area (Å²) in [7, 11) is 0. The van der Waals surface area contributed by atoms with Crippen LogP contribution >= 0.6 is 0 Å². The maximum Gasteiger partial charge on any atom is 0.0665 e. The largest absolute Gasteiger partial charge is 0.392 e. The zero-order valence-electron chi connectivity index (χ0n) is 7.51. The van der Waals surface area contributed by atoms with Crippen LogP contribution in [0.3, 0.4) is 0 Å². The van der Waals surface area contributed by atoms with Gasteiger partial charge in [0.2, 0.25) is 0 Å². The summed E-state index contributed by atoms with van der Waals surface area (Å²) in [6, 6.07) is 0. The Hall–Kier alpha value is -0.120. The fourth-order valence-corrected chi connectivity index (χ4v) is 0.867. The van der Waals surface area contributed by atoms with E-state index in [4.69, 9.17) is 5.73 Å². The van der Waals surface area contributed by atoms with Crippen molar-refractivity contribution in [2.45, 2.75) is 45.4 Å². The van der Waals surface area contributed by atoms with E-state index in [1.807, 2.05) is 6.92 Å². The van der Waals surface area contributed by atoms with Crippen LogP contribution in [0.15, 0.2) is 0 Å². The second-order valence-electron chi connectivity index (χ2n) is 2.87. The normalized spacial score (nSPS) is 16.4. The van der Waals surface area contributed by atoms with Gasteiger partial charge in [-0.05, 0) is 12.8 Å². The van der Waals surface area contributed by atoms with Crippen LogP contribution < -0.4 is 11.1 Å². The molecule has 11 heavy (non-hydrogen) atoms. The molecule has 68 valence electrons. The Morgan fingerprint density at radius 2 is 2.09 bits per heavy atom. The van der Waals surface area contributed by atoms with Gasteiger partial charge in [0.1, 0.15) is 0 Å². The van der Waals surface area contributed by atoms with Crippen LogP contribution in [0.2, 0.25) is 0 Å². The second kappa shape index (κ2) is 6.58. The van der Waals surface area contributed by atoms with Crippen molar-refractivity contribution in [2.75, 3.05) is 6.54 Å². The Morgan fingerprint density at radius 3 is 2.55 bits per heavy atom. The third-order valence-corrected chi connectivity index (χ3v) is 1.68. The van der Waals surface area contributed by atoms with Crippen LogP contribution in [-0.2, 0) is 0 Å². The van der Waals surface area contributed by atoms with Crippen molar-refractivity contribution < 1.29 is 5.11 Å². The second-order valence-corrected chi connectivity index (χ2v) is 2.87. The zero-order chi connectivity index (χ0) is 8.69. The molecule has 0 rings (SSSR count). The van der Waals surface area contributed by atoms with Crippen LogP contribution in [0, 0.1) is 0 Å². The van der Waals surface area contributed by atoms with Gasteiger partial charge in [0.25, 0.3) is 0 Å². The first-order valence-electron chi connectivity index (χ1n) is 4.37. The maximum atomic E-state index is 9.28. The number of nitrogens with one attached hydrogen (secondary N) is 1. The molecule has 0 aromatic carbocycles. The molecule has 0 aliphatic carbocycles. The predicted octanol–water partition coefficient (Wildman–Crippen LogP) is 0.432. The van der Waals surface area contributed by atoms with Crippen molar-refractivity contribution in [3.8, 4) is 0 Å². The molecule has 2 unspecified atom stereocenters. The Bertz CT molecular complexity index is 88.2. The summed E-state index contributed by atoms with van der Waals surface area (Å²) >= 11 is 0. The molecule has 0 amide bonds. The summed E-state index contributed by atoms with van der Waals surface area (Å²) in [6.45, 7) is 4.69. The monoisotopic (exact) mass is 160 g/mol. The van der Waals surface area contributed by atoms with Gasteiger partial charge in [0.15, 0.2) is 0 Å². The molecule has 0 radical (unpaired) electrons. The number of nitrogens with two attached hydrogens (primary N) is 1. The molecule has 0 aliphatic rings. The molecular weight excluding hydrogens is 140 g/mol. The first-order chi connectivity index (χ1) is 5.20. The quantitative estimate of drug-likeness (QED) is 0.494. The fourth-order valence-electron chi connectivity index (χ4n) is 0.867. The summed E-state index contributed by atoms with van der Waals surface area (Å²) in [5, 5.41) is 12.3. The van der Waals surface area contributed by atoms with Gasteiger partial charge < -0.3 is 10.8 Å². The Kier molecular flexibility index (Phi) is 6.51. The van der Waals surface area contributed by atoms with Gasteiger partial charge in [-0.2, -0.15) is 0 Å². The van der Waals surface area contributed by atoms with E-state index in [2.05, 4.69) is 12.2 Å². The van der Waals surface area contributed by atoms with Crippen molar-refractivity contribution in [1.29, 1.82) is 0 Å². The van der Waals surface area contributed by atoms with Crippen molar-refractivity contribution in [3.05, 3.63) is 0 Å². The number of hydrogen-bond donors (Lipinski definition) is 3. The van der Waals surface area contributed by atoms with E-state index >= 15 is 0 Å². The highest BCUT2D eigenvalue weighted by Crippen LogP contribution is 1.94. The SMILES string of the molecule is CCCC(O)CNC(N)CC. The molecule has 0 saturated heterocycles. The Morgan fingerprint density at radius 1 is 1.45 bits per heavy atom. The molecule has 2 atom stereocenters. The maximum absolute atomic E-state index is 9.28. The van der Waals surface area contributed by atoms with Crippen molar-refractivity contribution in [3.63, 3.8) is 0 Å². The summed E-state index contributed by atoms with van der Waals surface area (Å²) in [5.41, 5.74) is 5.60. The predicted molar refractivity (Wildman–Crippen MR) is 47.2 cm³/mol. The highest BCUT2D eigenvalue weighted by atomic mass is 16.3. The lowest BCUT2D eigenvalue weighted by Gasteiger charge is -2.14. The van der Waals surface area contributed by atoms with E-state index in [9.17, 15) is 5.11 Å². The van der Waals surface area contributed by atoms with Gasteiger partial charge in [0, 0.05) is 6.54 Å². The molecule has 0 aromatic rings. The Balaban J connectivity index is 3.22. The minimum absolute atomic E-state index is 0.0292. The van der Waals surface area contributed by atoms with Gasteiger partial charge in [-0.3, -0.25) is 5.32 Å². The number of aliphatic hydroxyl groups excluding tert-OH is 1. The molecule has 0 bridgehead atoms. The Labute approximate surface area is 69.0 Å². The molecule has 0 spiro atoms. The lowest BCUT2D eigenvalue weighted by molar-refractivity contribution is 0.156. The lowest BCUT2D eigenvalue weighted by Crippen LogP contribution is -2.41. The zero-order valence-corrected chi connectivity index (χ0v) is 7.51. The van der Waals surface area contributed by atoms with Gasteiger partial charge in [-0.1, -0.05) is 20.3 Å². The van der Waals surface area contributed by atoms with Crippen LogP contribution in [0.4, 0.5) is 0 Å². The van der Waals surface area contributed by atoms with E-state index in [1.54, 1.807) is 0 Å². The van der Waals surface area contributed by atoms with E-state index in [-0.39, 0.29) is 12.3 Å². The molecule has 0 aromatic heterocycles. The molecule has 3 nitrogen and oxygen atoms in total. The molecule has 0 heterocycles. The molecular formula is C8H20N2O. The summed E-state index contributed by atoms with van der Waals surface area (Å²) in [4.78, 5) is 0. The first kappa shape index (κ1) is 10.9. The lowest BCUT2D eigenvalue weighted by atomic mass is 10.2. The van der Waals surface area contributed by atoms with Gasteiger partial charge in [0.05, 0.1) is 12.3 Å². The first-order valence-corrected chi connectivity index (χ1v) is 4.37. The highest BCUT2D eigenvalue weighted by Gasteiger charge is 2.03. The van der Waals surface area contributed by atoms with Crippen LogP contribution in [0.25, 0.3) is 0 Å². The van der Waals surface area contributed by atoms with Crippen molar-refractivity contribution in [1.82, 2.24) is 5.32 Å². The highest BCUT2D eigenvalue weighted by molar-refractivity contribution is 4.62.